The highest BCUT2D eigenvalue weighted by atomic mass is 32.2. The van der Waals surface area contributed by atoms with Crippen LogP contribution in [0.15, 0.2) is 23.1 Å². The minimum atomic E-state index is -3.58. The number of amides is 1. The number of piperidine rings is 2. The number of ether oxygens (including phenoxy) is 1. The van der Waals surface area contributed by atoms with Crippen LogP contribution in [0.25, 0.3) is 0 Å². The van der Waals surface area contributed by atoms with E-state index in [9.17, 15) is 13.2 Å². The molecule has 0 N–H and O–H groups in total. The average molecular weight is 381 g/mol. The summed E-state index contributed by atoms with van der Waals surface area (Å²) >= 11 is 0. The van der Waals surface area contributed by atoms with Crippen molar-refractivity contribution in [2.45, 2.75) is 43.9 Å². The van der Waals surface area contributed by atoms with Gasteiger partial charge in [0.25, 0.3) is 5.91 Å². The van der Waals surface area contributed by atoms with Crippen LogP contribution >= 0.6 is 0 Å². The minimum absolute atomic E-state index is 0.149. The molecule has 1 aromatic rings. The minimum Gasteiger partial charge on any atom is -0.496 e. The second-order valence-corrected chi connectivity index (χ2v) is 9.26. The predicted molar refractivity (Wildman–Crippen MR) is 99.9 cm³/mol. The molecule has 0 spiro atoms. The van der Waals surface area contributed by atoms with Crippen LogP contribution in [0.5, 0.6) is 5.75 Å². The van der Waals surface area contributed by atoms with Gasteiger partial charge in [0.1, 0.15) is 5.75 Å². The van der Waals surface area contributed by atoms with Gasteiger partial charge in [-0.15, -0.1) is 0 Å². The number of nitrogens with zero attached hydrogens (tertiary/aromatic N) is 2. The molecule has 0 bridgehead atoms. The molecule has 0 unspecified atom stereocenters. The fourth-order valence-electron chi connectivity index (χ4n) is 3.81. The first-order valence-electron chi connectivity index (χ1n) is 9.41. The monoisotopic (exact) mass is 380 g/mol. The van der Waals surface area contributed by atoms with Gasteiger partial charge in [-0.3, -0.25) is 4.79 Å². The number of carbonyl (C=O) groups excluding carboxylic acids is 1. The van der Waals surface area contributed by atoms with E-state index in [1.807, 2.05) is 4.90 Å². The molecular weight excluding hydrogens is 352 g/mol. The van der Waals surface area contributed by atoms with Crippen molar-refractivity contribution < 1.29 is 17.9 Å². The zero-order valence-electron chi connectivity index (χ0n) is 15.6. The Hall–Kier alpha value is -1.60. The molecule has 0 radical (unpaired) electrons. The number of hydrogen-bond acceptors (Lipinski definition) is 4. The number of methoxy groups -OCH3 is 1. The van der Waals surface area contributed by atoms with Crippen LogP contribution in [0, 0.1) is 5.92 Å². The summed E-state index contributed by atoms with van der Waals surface area (Å²) in [5.41, 5.74) is 0.333. The first-order chi connectivity index (χ1) is 12.4. The fraction of sp³-hybridized carbons (Fsp3) is 0.632. The van der Waals surface area contributed by atoms with E-state index in [1.165, 1.54) is 17.5 Å². The maximum Gasteiger partial charge on any atom is 0.257 e. The first-order valence-corrected chi connectivity index (χ1v) is 10.8. The van der Waals surface area contributed by atoms with Gasteiger partial charge in [0.05, 0.1) is 17.6 Å². The van der Waals surface area contributed by atoms with Crippen LogP contribution in [-0.2, 0) is 10.0 Å². The average Bonchev–Trinajstić information content (AvgIpc) is 2.67. The van der Waals surface area contributed by atoms with E-state index < -0.39 is 10.0 Å². The third-order valence-corrected chi connectivity index (χ3v) is 7.19. The number of benzene rings is 1. The van der Waals surface area contributed by atoms with Gasteiger partial charge in [-0.1, -0.05) is 13.3 Å². The predicted octanol–water partition coefficient (Wildman–Crippen LogP) is 2.74. The van der Waals surface area contributed by atoms with Crippen molar-refractivity contribution in [3.05, 3.63) is 23.8 Å². The summed E-state index contributed by atoms with van der Waals surface area (Å²) in [5, 5.41) is 0. The Labute approximate surface area is 156 Å². The lowest BCUT2D eigenvalue weighted by molar-refractivity contribution is 0.0679. The molecule has 0 aliphatic carbocycles. The van der Waals surface area contributed by atoms with Gasteiger partial charge in [-0.2, -0.15) is 4.31 Å². The Bertz CT molecular complexity index is 757. The van der Waals surface area contributed by atoms with Crippen molar-refractivity contribution in [2.24, 2.45) is 5.92 Å². The normalized spacial score (nSPS) is 22.2. The van der Waals surface area contributed by atoms with Crippen molar-refractivity contribution in [2.75, 3.05) is 33.3 Å². The van der Waals surface area contributed by atoms with Gasteiger partial charge >= 0.3 is 0 Å². The summed E-state index contributed by atoms with van der Waals surface area (Å²) in [7, 11) is -2.07. The Morgan fingerprint density at radius 2 is 1.85 bits per heavy atom. The van der Waals surface area contributed by atoms with E-state index in [1.54, 1.807) is 12.1 Å². The molecular formula is C19H28N2O4S. The Kier molecular flexibility index (Phi) is 5.87. The van der Waals surface area contributed by atoms with Gasteiger partial charge < -0.3 is 9.64 Å². The summed E-state index contributed by atoms with van der Waals surface area (Å²) in [6.07, 6.45) is 4.91. The lowest BCUT2D eigenvalue weighted by Crippen LogP contribution is -2.39. The molecule has 7 heteroatoms. The molecule has 3 rings (SSSR count). The zero-order valence-corrected chi connectivity index (χ0v) is 16.4. The highest BCUT2D eigenvalue weighted by Gasteiger charge is 2.29. The molecule has 2 fully saturated rings. The van der Waals surface area contributed by atoms with Crippen LogP contribution in [0.2, 0.25) is 0 Å². The second-order valence-electron chi connectivity index (χ2n) is 7.33. The van der Waals surface area contributed by atoms with Crippen molar-refractivity contribution in [3.63, 3.8) is 0 Å². The van der Waals surface area contributed by atoms with E-state index in [-0.39, 0.29) is 10.8 Å². The zero-order chi connectivity index (χ0) is 18.7. The van der Waals surface area contributed by atoms with E-state index in [0.717, 1.165) is 32.1 Å². The lowest BCUT2D eigenvalue weighted by Gasteiger charge is -2.31. The standard InChI is InChI=1S/C19H28N2O4S/c1-15-7-6-10-20(14-15)19(22)17-13-16(8-9-18(17)25-2)26(23,24)21-11-4-3-5-12-21/h8-9,13,15H,3-7,10-12,14H2,1-2H3/t15-/m1/s1. The molecule has 1 amide bonds. The number of hydrogen-bond donors (Lipinski definition) is 0. The molecule has 2 aliphatic heterocycles. The van der Waals surface area contributed by atoms with Crippen LogP contribution in [0.3, 0.4) is 0 Å². The number of sulfonamides is 1. The summed E-state index contributed by atoms with van der Waals surface area (Å²) in [4.78, 5) is 15.0. The fourth-order valence-corrected chi connectivity index (χ4v) is 5.36. The van der Waals surface area contributed by atoms with Crippen molar-refractivity contribution >= 4 is 15.9 Å². The first kappa shape index (κ1) is 19.2. The molecule has 6 nitrogen and oxygen atoms in total. The summed E-state index contributed by atoms with van der Waals surface area (Å²) in [6, 6.07) is 4.63. The topological polar surface area (TPSA) is 66.9 Å². The molecule has 1 atom stereocenters. The molecule has 2 saturated heterocycles. The largest absolute Gasteiger partial charge is 0.496 e. The van der Waals surface area contributed by atoms with E-state index >= 15 is 0 Å². The Morgan fingerprint density at radius 1 is 1.12 bits per heavy atom. The molecule has 2 heterocycles. The number of carbonyl (C=O) groups is 1. The lowest BCUT2D eigenvalue weighted by atomic mass is 9.99. The maximum atomic E-state index is 13.0. The third kappa shape index (κ3) is 3.88. The molecule has 144 valence electrons. The summed E-state index contributed by atoms with van der Waals surface area (Å²) in [5.74, 6) is 0.730. The van der Waals surface area contributed by atoms with Crippen LogP contribution < -0.4 is 4.74 Å². The van der Waals surface area contributed by atoms with Crippen LogP contribution in [0.4, 0.5) is 0 Å². The van der Waals surface area contributed by atoms with Gasteiger partial charge in [-0.05, 0) is 49.8 Å². The molecule has 1 aromatic carbocycles. The Balaban J connectivity index is 1.92. The van der Waals surface area contributed by atoms with Gasteiger partial charge in [0.15, 0.2) is 0 Å². The molecule has 2 aliphatic rings. The highest BCUT2D eigenvalue weighted by Crippen LogP contribution is 2.28. The number of likely N-dealkylation sites (tertiary alicyclic amines) is 1. The van der Waals surface area contributed by atoms with Gasteiger partial charge in [0.2, 0.25) is 10.0 Å². The quantitative estimate of drug-likeness (QED) is 0.806. The van der Waals surface area contributed by atoms with Gasteiger partial charge in [0, 0.05) is 26.2 Å². The summed E-state index contributed by atoms with van der Waals surface area (Å²) in [6.45, 7) is 4.62. The third-order valence-electron chi connectivity index (χ3n) is 5.30. The second kappa shape index (κ2) is 7.96. The summed E-state index contributed by atoms with van der Waals surface area (Å²) < 4.78 is 32.8. The van der Waals surface area contributed by atoms with Crippen molar-refractivity contribution in [1.82, 2.24) is 9.21 Å². The van der Waals surface area contributed by atoms with E-state index in [2.05, 4.69) is 6.92 Å². The maximum absolute atomic E-state index is 13.0. The van der Waals surface area contributed by atoms with Crippen LogP contribution in [-0.4, -0.2) is 56.8 Å². The van der Waals surface area contributed by atoms with E-state index in [4.69, 9.17) is 4.74 Å². The van der Waals surface area contributed by atoms with E-state index in [0.29, 0.717) is 43.4 Å². The number of rotatable bonds is 4. The van der Waals surface area contributed by atoms with Crippen molar-refractivity contribution in [3.8, 4) is 5.75 Å². The highest BCUT2D eigenvalue weighted by molar-refractivity contribution is 7.89. The van der Waals surface area contributed by atoms with Crippen LogP contribution in [0.1, 0.15) is 49.4 Å². The van der Waals surface area contributed by atoms with Crippen molar-refractivity contribution in [1.29, 1.82) is 0 Å². The molecule has 26 heavy (non-hydrogen) atoms. The SMILES string of the molecule is COc1ccc(S(=O)(=O)N2CCCCC2)cc1C(=O)N1CCC[C@@H](C)C1. The Morgan fingerprint density at radius 3 is 2.50 bits per heavy atom. The smallest absolute Gasteiger partial charge is 0.257 e. The molecule has 0 saturated carbocycles. The molecule has 0 aromatic heterocycles. The van der Waals surface area contributed by atoms with Gasteiger partial charge in [-0.25, -0.2) is 8.42 Å².